The lowest BCUT2D eigenvalue weighted by Crippen LogP contribution is -2.16. The van der Waals surface area contributed by atoms with Gasteiger partial charge in [-0.15, -0.1) is 11.6 Å². The molecule has 9 heteroatoms. The van der Waals surface area contributed by atoms with E-state index in [2.05, 4.69) is 6.07 Å². The van der Waals surface area contributed by atoms with Crippen molar-refractivity contribution in [2.75, 3.05) is 10.2 Å². The zero-order valence-corrected chi connectivity index (χ0v) is 18.5. The summed E-state index contributed by atoms with van der Waals surface area (Å²) in [5, 5.41) is 0.842. The monoisotopic (exact) mass is 488 g/mol. The van der Waals surface area contributed by atoms with Gasteiger partial charge in [0.25, 0.3) is 0 Å². The fourth-order valence-corrected chi connectivity index (χ4v) is 4.24. The van der Waals surface area contributed by atoms with E-state index >= 15 is 0 Å². The molecule has 0 saturated heterocycles. The maximum absolute atomic E-state index is 14.2. The highest BCUT2D eigenvalue weighted by Crippen LogP contribution is 2.32. The summed E-state index contributed by atoms with van der Waals surface area (Å²) in [5.74, 6) is -1.63. The van der Waals surface area contributed by atoms with E-state index in [4.69, 9.17) is 34.8 Å². The van der Waals surface area contributed by atoms with Gasteiger partial charge in [0.05, 0.1) is 21.4 Å². The van der Waals surface area contributed by atoms with Crippen LogP contribution in [0.15, 0.2) is 54.6 Å². The first-order valence-electron chi connectivity index (χ1n) is 8.71. The van der Waals surface area contributed by atoms with E-state index in [0.717, 1.165) is 27.6 Å². The van der Waals surface area contributed by atoms with E-state index < -0.39 is 22.5 Å². The molecule has 30 heavy (non-hydrogen) atoms. The molecule has 3 nitrogen and oxygen atoms in total. The smallest absolute Gasteiger partial charge is 0.229 e. The zero-order chi connectivity index (χ0) is 21.8. The Morgan fingerprint density at radius 2 is 1.77 bits per heavy atom. The van der Waals surface area contributed by atoms with Crippen LogP contribution < -0.4 is 4.31 Å². The molecule has 0 aliphatic carbocycles. The Morgan fingerprint density at radius 1 is 1.00 bits per heavy atom. The molecular weight excluding hydrogens is 475 g/mol. The minimum Gasteiger partial charge on any atom is -0.237 e. The van der Waals surface area contributed by atoms with Crippen molar-refractivity contribution in [1.82, 2.24) is 0 Å². The third kappa shape index (κ3) is 5.24. The fraction of sp³-hybridized carbons (Fsp3) is 0.143. The minimum atomic E-state index is -3.25. The van der Waals surface area contributed by atoms with Crippen LogP contribution in [0.4, 0.5) is 20.2 Å². The van der Waals surface area contributed by atoms with E-state index in [-0.39, 0.29) is 23.2 Å². The molecule has 0 amide bonds. The van der Waals surface area contributed by atoms with Gasteiger partial charge in [0.15, 0.2) is 5.82 Å². The highest BCUT2D eigenvalue weighted by atomic mass is 35.5. The van der Waals surface area contributed by atoms with Crippen molar-refractivity contribution in [1.29, 1.82) is 0 Å². The molecule has 3 aromatic rings. The topological polar surface area (TPSA) is 37.4 Å². The van der Waals surface area contributed by atoms with Gasteiger partial charge in [-0.3, -0.25) is 0 Å². The molecule has 0 spiro atoms. The quantitative estimate of drug-likeness (QED) is 0.312. The number of hydrogen-bond acceptors (Lipinski definition) is 2. The van der Waals surface area contributed by atoms with Gasteiger partial charge in [0, 0.05) is 23.9 Å². The van der Waals surface area contributed by atoms with Crippen LogP contribution in [0.3, 0.4) is 0 Å². The first-order chi connectivity index (χ1) is 14.3. The predicted octanol–water partition coefficient (Wildman–Crippen LogP) is 6.30. The van der Waals surface area contributed by atoms with Crippen LogP contribution in [0.25, 0.3) is 0 Å². The molecule has 1 atom stereocenters. The van der Waals surface area contributed by atoms with Crippen LogP contribution in [0.2, 0.25) is 10.0 Å². The number of hydrogen-bond donors (Lipinski definition) is 1. The number of nitrogens with zero attached hydrogens (tertiary/aromatic N) is 1. The summed E-state index contributed by atoms with van der Waals surface area (Å²) < 4.78 is 51.9. The van der Waals surface area contributed by atoms with Crippen LogP contribution in [0.1, 0.15) is 17.0 Å². The SMILES string of the molecule is O=[SH](=O)N(c1[c]ccc(CC(CCl)c2ccc(Cl)c(Cl)c2)c1)c1ccc(F)cc1F. The van der Waals surface area contributed by atoms with E-state index in [0.29, 0.717) is 22.5 Å². The average molecular weight is 490 g/mol. The molecule has 0 saturated carbocycles. The number of halogens is 5. The van der Waals surface area contributed by atoms with Gasteiger partial charge in [0.1, 0.15) is 5.82 Å². The summed E-state index contributed by atoms with van der Waals surface area (Å²) in [6, 6.07) is 15.6. The van der Waals surface area contributed by atoms with Crippen molar-refractivity contribution < 1.29 is 17.2 Å². The molecule has 0 fully saturated rings. The molecule has 1 unspecified atom stereocenters. The van der Waals surface area contributed by atoms with Crippen molar-refractivity contribution in [3.63, 3.8) is 0 Å². The second-order valence-electron chi connectivity index (χ2n) is 6.46. The van der Waals surface area contributed by atoms with E-state index in [1.54, 1.807) is 24.3 Å². The van der Waals surface area contributed by atoms with Gasteiger partial charge < -0.3 is 0 Å². The summed E-state index contributed by atoms with van der Waals surface area (Å²) in [6.45, 7) is 0. The number of benzene rings is 3. The summed E-state index contributed by atoms with van der Waals surface area (Å²) in [7, 11) is -3.25. The lowest BCUT2D eigenvalue weighted by Gasteiger charge is -2.20. The number of alkyl halides is 1. The molecule has 3 rings (SSSR count). The maximum Gasteiger partial charge on any atom is 0.229 e. The Hall–Kier alpha value is -1.86. The summed E-state index contributed by atoms with van der Waals surface area (Å²) in [6.07, 6.45) is 0.471. The first-order valence-corrected chi connectivity index (χ1v) is 11.1. The number of thiol groups is 1. The van der Waals surface area contributed by atoms with Gasteiger partial charge in [-0.05, 0) is 47.9 Å². The number of rotatable bonds is 7. The van der Waals surface area contributed by atoms with Crippen molar-refractivity contribution >= 4 is 57.1 Å². The molecule has 157 valence electrons. The van der Waals surface area contributed by atoms with Crippen molar-refractivity contribution in [2.24, 2.45) is 0 Å². The summed E-state index contributed by atoms with van der Waals surface area (Å²) >= 11 is 18.2. The third-order valence-electron chi connectivity index (χ3n) is 4.46. The lowest BCUT2D eigenvalue weighted by atomic mass is 9.93. The maximum atomic E-state index is 14.2. The summed E-state index contributed by atoms with van der Waals surface area (Å²) in [5.41, 5.74) is 1.45. The highest BCUT2D eigenvalue weighted by Gasteiger charge is 2.19. The Kier molecular flexibility index (Phi) is 7.58. The van der Waals surface area contributed by atoms with Gasteiger partial charge in [-0.25, -0.2) is 21.5 Å². The largest absolute Gasteiger partial charge is 0.237 e. The minimum absolute atomic E-state index is 0.108. The normalized spacial score (nSPS) is 12.2. The van der Waals surface area contributed by atoms with E-state index in [9.17, 15) is 17.2 Å². The Balaban J connectivity index is 1.94. The van der Waals surface area contributed by atoms with Gasteiger partial charge in [-0.2, -0.15) is 0 Å². The van der Waals surface area contributed by atoms with E-state index in [1.807, 2.05) is 6.07 Å². The Bertz CT molecular complexity index is 1130. The Morgan fingerprint density at radius 3 is 2.40 bits per heavy atom. The van der Waals surface area contributed by atoms with Gasteiger partial charge >= 0.3 is 0 Å². The second-order valence-corrected chi connectivity index (χ2v) is 8.46. The zero-order valence-electron chi connectivity index (χ0n) is 15.3. The Labute approximate surface area is 189 Å². The van der Waals surface area contributed by atoms with Crippen LogP contribution >= 0.6 is 34.8 Å². The summed E-state index contributed by atoms with van der Waals surface area (Å²) in [4.78, 5) is 0. The highest BCUT2D eigenvalue weighted by molar-refractivity contribution is 7.74. The van der Waals surface area contributed by atoms with Crippen LogP contribution in [-0.4, -0.2) is 14.3 Å². The molecule has 0 aliphatic heterocycles. The van der Waals surface area contributed by atoms with Crippen LogP contribution in [-0.2, 0) is 17.3 Å². The molecule has 0 heterocycles. The predicted molar refractivity (Wildman–Crippen MR) is 118 cm³/mol. The second kappa shape index (κ2) is 9.96. The van der Waals surface area contributed by atoms with Crippen LogP contribution in [0.5, 0.6) is 0 Å². The lowest BCUT2D eigenvalue weighted by molar-refractivity contribution is 0.582. The fourth-order valence-electron chi connectivity index (χ4n) is 3.02. The molecule has 0 aliphatic rings. The number of anilines is 2. The van der Waals surface area contributed by atoms with Crippen molar-refractivity contribution in [2.45, 2.75) is 12.3 Å². The van der Waals surface area contributed by atoms with E-state index in [1.165, 1.54) is 6.07 Å². The average Bonchev–Trinajstić information content (AvgIpc) is 2.70. The van der Waals surface area contributed by atoms with Gasteiger partial charge in [0.2, 0.25) is 10.9 Å². The third-order valence-corrected chi connectivity index (χ3v) is 6.33. The molecular formula is C21H15Cl3F2NO2S. The molecule has 3 aromatic carbocycles. The molecule has 0 N–H and O–H groups in total. The van der Waals surface area contributed by atoms with Crippen molar-refractivity contribution in [3.05, 3.63) is 93.5 Å². The molecule has 0 bridgehead atoms. The van der Waals surface area contributed by atoms with Crippen molar-refractivity contribution in [3.8, 4) is 0 Å². The van der Waals surface area contributed by atoms with Crippen LogP contribution in [0, 0.1) is 17.7 Å². The molecule has 1 radical (unpaired) electrons. The van der Waals surface area contributed by atoms with Gasteiger partial charge in [-0.1, -0.05) is 41.4 Å². The molecule has 0 aromatic heterocycles. The standard InChI is InChI=1S/C21H15Cl3F2NO2S/c22-12-15(14-4-6-18(23)19(24)10-14)8-13-2-1-3-17(9-13)27(30(28)29)21-7-5-16(25)11-20(21)26/h1-2,4-7,9-11,15,30H,8,12H2. The first kappa shape index (κ1) is 22.8.